The van der Waals surface area contributed by atoms with Crippen LogP contribution in [-0.4, -0.2) is 15.0 Å². The Labute approximate surface area is 84.5 Å². The quantitative estimate of drug-likeness (QED) is 0.798. The predicted octanol–water partition coefficient (Wildman–Crippen LogP) is 1.83. The van der Waals surface area contributed by atoms with Crippen LogP contribution in [0.1, 0.15) is 38.5 Å². The van der Waals surface area contributed by atoms with Crippen molar-refractivity contribution in [2.24, 2.45) is 5.92 Å². The first kappa shape index (κ1) is 9.49. The molecule has 0 saturated heterocycles. The summed E-state index contributed by atoms with van der Waals surface area (Å²) in [7, 11) is 0. The van der Waals surface area contributed by atoms with Crippen LogP contribution in [0.2, 0.25) is 0 Å². The van der Waals surface area contributed by atoms with Gasteiger partial charge in [0.25, 0.3) is 0 Å². The van der Waals surface area contributed by atoms with Crippen molar-refractivity contribution in [2.45, 2.75) is 45.1 Å². The average molecular weight is 194 g/mol. The molecule has 4 nitrogen and oxygen atoms in total. The van der Waals surface area contributed by atoms with Crippen molar-refractivity contribution in [3.05, 3.63) is 6.20 Å². The second-order valence-electron chi connectivity index (χ2n) is 4.16. The van der Waals surface area contributed by atoms with E-state index in [1.54, 1.807) is 11.0 Å². The molecule has 0 aliphatic heterocycles. The molecule has 1 heterocycles. The fraction of sp³-hybridized carbons (Fsp3) is 0.800. The summed E-state index contributed by atoms with van der Waals surface area (Å²) in [5, 5.41) is 8.16. The van der Waals surface area contributed by atoms with Crippen molar-refractivity contribution < 1.29 is 0 Å². The molecule has 2 N–H and O–H groups in total. The highest BCUT2D eigenvalue weighted by atomic mass is 15.5. The van der Waals surface area contributed by atoms with Crippen molar-refractivity contribution in [3.8, 4) is 0 Å². The highest BCUT2D eigenvalue weighted by Crippen LogP contribution is 2.26. The Morgan fingerprint density at radius 3 is 2.79 bits per heavy atom. The Kier molecular flexibility index (Phi) is 3.01. The van der Waals surface area contributed by atoms with Crippen LogP contribution >= 0.6 is 0 Å². The zero-order valence-electron chi connectivity index (χ0n) is 8.52. The Morgan fingerprint density at radius 1 is 1.36 bits per heavy atom. The highest BCUT2D eigenvalue weighted by molar-refractivity contribution is 5.19. The first-order valence-corrected chi connectivity index (χ1v) is 5.50. The summed E-state index contributed by atoms with van der Waals surface area (Å²) < 4.78 is 0. The largest absolute Gasteiger partial charge is 0.381 e. The van der Waals surface area contributed by atoms with Gasteiger partial charge in [0.2, 0.25) is 0 Å². The van der Waals surface area contributed by atoms with Crippen LogP contribution in [-0.2, 0) is 6.54 Å². The molecular formula is C10H18N4. The zero-order chi connectivity index (χ0) is 9.80. The maximum atomic E-state index is 5.49. The molecule has 1 aliphatic rings. The van der Waals surface area contributed by atoms with E-state index in [0.717, 1.165) is 12.5 Å². The monoisotopic (exact) mass is 194 g/mol. The van der Waals surface area contributed by atoms with E-state index >= 15 is 0 Å². The number of nitrogens with two attached hydrogens (primary N) is 1. The molecule has 0 spiro atoms. The molecule has 0 amide bonds. The lowest BCUT2D eigenvalue weighted by Gasteiger charge is -2.20. The van der Waals surface area contributed by atoms with Gasteiger partial charge in [-0.2, -0.15) is 9.90 Å². The fourth-order valence-corrected chi connectivity index (χ4v) is 2.19. The molecule has 1 aromatic heterocycles. The molecule has 1 aliphatic carbocycles. The Bertz CT molecular complexity index is 275. The van der Waals surface area contributed by atoms with Crippen LogP contribution < -0.4 is 5.73 Å². The smallest absolute Gasteiger partial charge is 0.165 e. The van der Waals surface area contributed by atoms with E-state index in [4.69, 9.17) is 5.73 Å². The van der Waals surface area contributed by atoms with Gasteiger partial charge in [-0.25, -0.2) is 0 Å². The Balaban J connectivity index is 1.76. The maximum Gasteiger partial charge on any atom is 0.165 e. The molecule has 2 rings (SSSR count). The lowest BCUT2D eigenvalue weighted by atomic mass is 9.87. The van der Waals surface area contributed by atoms with E-state index in [-0.39, 0.29) is 0 Å². The van der Waals surface area contributed by atoms with Crippen molar-refractivity contribution in [1.82, 2.24) is 15.0 Å². The van der Waals surface area contributed by atoms with Crippen LogP contribution in [0.15, 0.2) is 6.20 Å². The molecule has 14 heavy (non-hydrogen) atoms. The second-order valence-corrected chi connectivity index (χ2v) is 4.16. The number of hydrogen-bond donors (Lipinski definition) is 1. The van der Waals surface area contributed by atoms with E-state index < -0.39 is 0 Å². The Hall–Kier alpha value is -1.06. The second kappa shape index (κ2) is 4.44. The molecule has 0 aromatic carbocycles. The summed E-state index contributed by atoms with van der Waals surface area (Å²) in [5.41, 5.74) is 5.49. The SMILES string of the molecule is Nc1cnn(CCC2CCCCC2)n1. The third kappa shape index (κ3) is 2.47. The summed E-state index contributed by atoms with van der Waals surface area (Å²) in [5.74, 6) is 1.41. The molecule has 0 radical (unpaired) electrons. The topological polar surface area (TPSA) is 56.7 Å². The van der Waals surface area contributed by atoms with Crippen molar-refractivity contribution in [3.63, 3.8) is 0 Å². The van der Waals surface area contributed by atoms with Gasteiger partial charge in [-0.3, -0.25) is 0 Å². The number of aromatic nitrogens is 3. The molecule has 0 atom stereocenters. The summed E-state index contributed by atoms with van der Waals surface area (Å²) in [6.07, 6.45) is 9.81. The van der Waals surface area contributed by atoms with Crippen LogP contribution in [0.5, 0.6) is 0 Å². The number of rotatable bonds is 3. The molecule has 0 bridgehead atoms. The van der Waals surface area contributed by atoms with Gasteiger partial charge in [-0.1, -0.05) is 32.1 Å². The molecule has 78 valence electrons. The van der Waals surface area contributed by atoms with Gasteiger partial charge < -0.3 is 5.73 Å². The average Bonchev–Trinajstić information content (AvgIpc) is 2.63. The number of hydrogen-bond acceptors (Lipinski definition) is 3. The van der Waals surface area contributed by atoms with Crippen LogP contribution in [0.3, 0.4) is 0 Å². The molecule has 0 unspecified atom stereocenters. The number of anilines is 1. The minimum atomic E-state index is 0.522. The van der Waals surface area contributed by atoms with Gasteiger partial charge in [0, 0.05) is 0 Å². The molecular weight excluding hydrogens is 176 g/mol. The standard InChI is InChI=1S/C10H18N4/c11-10-8-12-14(13-10)7-6-9-4-2-1-3-5-9/h8-9H,1-7H2,(H2,11,13). The normalized spacial score (nSPS) is 18.6. The number of nitrogens with zero attached hydrogens (tertiary/aromatic N) is 3. The van der Waals surface area contributed by atoms with Gasteiger partial charge in [0.15, 0.2) is 5.82 Å². The summed E-state index contributed by atoms with van der Waals surface area (Å²) in [6.45, 7) is 0.919. The van der Waals surface area contributed by atoms with Gasteiger partial charge in [-0.05, 0) is 12.3 Å². The first-order valence-electron chi connectivity index (χ1n) is 5.50. The molecule has 1 fully saturated rings. The highest BCUT2D eigenvalue weighted by Gasteiger charge is 2.13. The summed E-state index contributed by atoms with van der Waals surface area (Å²) in [4.78, 5) is 1.71. The van der Waals surface area contributed by atoms with E-state index in [2.05, 4.69) is 10.2 Å². The van der Waals surface area contributed by atoms with Crippen LogP contribution in [0.4, 0.5) is 5.82 Å². The first-order chi connectivity index (χ1) is 6.84. The summed E-state index contributed by atoms with van der Waals surface area (Å²) in [6, 6.07) is 0. The molecule has 4 heteroatoms. The lowest BCUT2D eigenvalue weighted by molar-refractivity contribution is 0.311. The van der Waals surface area contributed by atoms with E-state index in [9.17, 15) is 0 Å². The number of aryl methyl sites for hydroxylation is 1. The van der Waals surface area contributed by atoms with Gasteiger partial charge >= 0.3 is 0 Å². The van der Waals surface area contributed by atoms with Gasteiger partial charge in [0.05, 0.1) is 12.7 Å². The Morgan fingerprint density at radius 2 is 2.14 bits per heavy atom. The van der Waals surface area contributed by atoms with Gasteiger partial charge in [0.1, 0.15) is 0 Å². The minimum absolute atomic E-state index is 0.522. The minimum Gasteiger partial charge on any atom is -0.381 e. The predicted molar refractivity (Wildman–Crippen MR) is 55.6 cm³/mol. The van der Waals surface area contributed by atoms with Crippen LogP contribution in [0, 0.1) is 5.92 Å². The molecule has 1 aromatic rings. The number of nitrogen functional groups attached to an aromatic ring is 1. The maximum absolute atomic E-state index is 5.49. The zero-order valence-corrected chi connectivity index (χ0v) is 8.52. The molecule has 1 saturated carbocycles. The third-order valence-corrected chi connectivity index (χ3v) is 3.02. The van der Waals surface area contributed by atoms with Crippen molar-refractivity contribution in [2.75, 3.05) is 5.73 Å². The van der Waals surface area contributed by atoms with E-state index in [0.29, 0.717) is 5.82 Å². The third-order valence-electron chi connectivity index (χ3n) is 3.02. The fourth-order valence-electron chi connectivity index (χ4n) is 2.19. The van der Waals surface area contributed by atoms with Gasteiger partial charge in [-0.15, -0.1) is 5.10 Å². The van der Waals surface area contributed by atoms with E-state index in [1.165, 1.54) is 38.5 Å². The van der Waals surface area contributed by atoms with Crippen LogP contribution in [0.25, 0.3) is 0 Å². The van der Waals surface area contributed by atoms with E-state index in [1.807, 2.05) is 0 Å². The lowest BCUT2D eigenvalue weighted by Crippen LogP contribution is -2.11. The van der Waals surface area contributed by atoms with Crippen molar-refractivity contribution >= 4 is 5.82 Å². The summed E-state index contributed by atoms with van der Waals surface area (Å²) >= 11 is 0. The van der Waals surface area contributed by atoms with Crippen molar-refractivity contribution in [1.29, 1.82) is 0 Å².